The van der Waals surface area contributed by atoms with Crippen LogP contribution in [0.3, 0.4) is 0 Å². The molecule has 0 saturated carbocycles. The van der Waals surface area contributed by atoms with Crippen molar-refractivity contribution in [3.8, 4) is 11.8 Å². The van der Waals surface area contributed by atoms with Crippen LogP contribution in [0.1, 0.15) is 11.1 Å². The number of anilines is 1. The molecule has 2 aromatic rings. The number of rotatable bonds is 7. The second-order valence-corrected chi connectivity index (χ2v) is 7.40. The third-order valence-corrected chi connectivity index (χ3v) is 4.77. The van der Waals surface area contributed by atoms with Crippen LogP contribution in [-0.4, -0.2) is 44.4 Å². The Bertz CT molecular complexity index is 961. The Hall–Kier alpha value is -3.09. The van der Waals surface area contributed by atoms with E-state index >= 15 is 0 Å². The number of carbonyl (C=O) groups is 1. The molecule has 0 radical (unpaired) electrons. The van der Waals surface area contributed by atoms with E-state index in [9.17, 15) is 26.4 Å². The molecule has 158 valence electrons. The molecule has 2 N–H and O–H groups in total. The minimum Gasteiger partial charge on any atom is -0.481 e. The van der Waals surface area contributed by atoms with E-state index in [4.69, 9.17) is 9.47 Å². The molecule has 0 atom stereocenters. The van der Waals surface area contributed by atoms with Crippen molar-refractivity contribution in [2.45, 2.75) is 12.6 Å². The van der Waals surface area contributed by atoms with E-state index in [2.05, 4.69) is 15.3 Å². The van der Waals surface area contributed by atoms with Crippen LogP contribution in [0.4, 0.5) is 23.9 Å². The fraction of sp³-hybridized carbons (Fsp3) is 0.312. The summed E-state index contributed by atoms with van der Waals surface area (Å²) in [6.45, 7) is 0. The summed E-state index contributed by atoms with van der Waals surface area (Å²) in [5, 5.41) is 2.09. The van der Waals surface area contributed by atoms with Crippen molar-refractivity contribution in [3.63, 3.8) is 0 Å². The smallest absolute Gasteiger partial charge is 0.416 e. The summed E-state index contributed by atoms with van der Waals surface area (Å²) in [7, 11) is -1.61. The zero-order valence-corrected chi connectivity index (χ0v) is 16.1. The summed E-state index contributed by atoms with van der Waals surface area (Å²) in [6.07, 6.45) is -5.06. The van der Waals surface area contributed by atoms with Gasteiger partial charge in [-0.3, -0.25) is 5.32 Å². The molecule has 1 aromatic carbocycles. The molecular weight excluding hydrogens is 417 g/mol. The van der Waals surface area contributed by atoms with E-state index in [1.165, 1.54) is 38.5 Å². The van der Waals surface area contributed by atoms with Crippen molar-refractivity contribution < 1.29 is 35.9 Å². The second-order valence-electron chi connectivity index (χ2n) is 5.56. The van der Waals surface area contributed by atoms with Gasteiger partial charge in [0.05, 0.1) is 31.6 Å². The van der Waals surface area contributed by atoms with Gasteiger partial charge in [0.25, 0.3) is 0 Å². The number of nitrogens with zero attached hydrogens (tertiary/aromatic N) is 2. The lowest BCUT2D eigenvalue weighted by atomic mass is 10.1. The molecule has 0 aliphatic heterocycles. The monoisotopic (exact) mass is 434 g/mol. The highest BCUT2D eigenvalue weighted by Gasteiger charge is 2.33. The summed E-state index contributed by atoms with van der Waals surface area (Å²) in [5.41, 5.74) is -1.14. The number of methoxy groups -OCH3 is 2. The van der Waals surface area contributed by atoms with Crippen LogP contribution in [0.5, 0.6) is 11.8 Å². The number of aromatic nitrogens is 2. The van der Waals surface area contributed by atoms with Crippen LogP contribution in [0, 0.1) is 0 Å². The average Bonchev–Trinajstić information content (AvgIpc) is 2.65. The van der Waals surface area contributed by atoms with Crippen LogP contribution in [0.2, 0.25) is 0 Å². The first-order valence-corrected chi connectivity index (χ1v) is 9.63. The van der Waals surface area contributed by atoms with Gasteiger partial charge in [0.15, 0.2) is 0 Å². The molecular formula is C16H17F3N4O5S. The first-order chi connectivity index (χ1) is 13.5. The molecule has 0 fully saturated rings. The van der Waals surface area contributed by atoms with Crippen molar-refractivity contribution in [1.29, 1.82) is 0 Å². The maximum Gasteiger partial charge on any atom is 0.416 e. The minimum atomic E-state index is -4.62. The van der Waals surface area contributed by atoms with Crippen LogP contribution in [-0.2, 0) is 22.6 Å². The highest BCUT2D eigenvalue weighted by atomic mass is 32.2. The molecule has 29 heavy (non-hydrogen) atoms. The highest BCUT2D eigenvalue weighted by Crippen LogP contribution is 2.32. The van der Waals surface area contributed by atoms with Crippen LogP contribution < -0.4 is 19.5 Å². The fourth-order valence-electron chi connectivity index (χ4n) is 2.25. The molecule has 0 aliphatic rings. The largest absolute Gasteiger partial charge is 0.481 e. The fourth-order valence-corrected chi connectivity index (χ4v) is 3.17. The van der Waals surface area contributed by atoms with Crippen LogP contribution in [0.25, 0.3) is 0 Å². The standard InChI is InChI=1S/C16H17F3N4O5S/c1-27-12-9-13(28-2)21-14(20-12)22-15(24)23-29(25,26)8-7-10-5-3-4-6-11(10)16(17,18)19/h3-6,9H,7-8H2,1-2H3,(H2,20,21,22,23,24). The SMILES string of the molecule is COc1cc(OC)nc(NC(=O)NS(=O)(=O)CCc2ccccc2C(F)(F)F)n1. The number of benzene rings is 1. The number of amides is 2. The Morgan fingerprint density at radius 1 is 1.10 bits per heavy atom. The third-order valence-electron chi connectivity index (χ3n) is 3.53. The lowest BCUT2D eigenvalue weighted by molar-refractivity contribution is -0.138. The lowest BCUT2D eigenvalue weighted by Crippen LogP contribution is -2.37. The number of carbonyl (C=O) groups excluding carboxylic acids is 1. The maximum atomic E-state index is 13.0. The zero-order chi connectivity index (χ0) is 21.7. The Kier molecular flexibility index (Phi) is 6.84. The first kappa shape index (κ1) is 22.2. The molecule has 0 unspecified atom stereocenters. The molecule has 13 heteroatoms. The number of alkyl halides is 3. The van der Waals surface area contributed by atoms with Gasteiger partial charge in [-0.05, 0) is 18.1 Å². The van der Waals surface area contributed by atoms with Crippen molar-refractivity contribution in [3.05, 3.63) is 41.5 Å². The number of hydrogen-bond acceptors (Lipinski definition) is 7. The molecule has 2 rings (SSSR count). The molecule has 0 saturated heterocycles. The average molecular weight is 434 g/mol. The summed E-state index contributed by atoms with van der Waals surface area (Å²) >= 11 is 0. The quantitative estimate of drug-likeness (QED) is 0.686. The highest BCUT2D eigenvalue weighted by molar-refractivity contribution is 7.90. The van der Waals surface area contributed by atoms with Gasteiger partial charge in [-0.25, -0.2) is 17.9 Å². The van der Waals surface area contributed by atoms with E-state index in [1.807, 2.05) is 0 Å². The zero-order valence-electron chi connectivity index (χ0n) is 15.3. The summed E-state index contributed by atoms with van der Waals surface area (Å²) in [4.78, 5) is 19.5. The Morgan fingerprint density at radius 2 is 1.69 bits per heavy atom. The number of sulfonamides is 1. The molecule has 9 nitrogen and oxygen atoms in total. The maximum absolute atomic E-state index is 13.0. The molecule has 0 aliphatic carbocycles. The van der Waals surface area contributed by atoms with E-state index in [1.54, 1.807) is 4.72 Å². The van der Waals surface area contributed by atoms with Gasteiger partial charge in [-0.15, -0.1) is 0 Å². The number of hydrogen-bond donors (Lipinski definition) is 2. The lowest BCUT2D eigenvalue weighted by Gasteiger charge is -2.13. The first-order valence-electron chi connectivity index (χ1n) is 7.97. The van der Waals surface area contributed by atoms with Gasteiger partial charge in [0, 0.05) is 0 Å². The van der Waals surface area contributed by atoms with Gasteiger partial charge in [0.1, 0.15) is 0 Å². The van der Waals surface area contributed by atoms with E-state index in [0.29, 0.717) is 0 Å². The van der Waals surface area contributed by atoms with E-state index in [-0.39, 0.29) is 23.3 Å². The Labute approximate surface area is 164 Å². The van der Waals surface area contributed by atoms with Gasteiger partial charge in [0.2, 0.25) is 27.7 Å². The molecule has 2 amide bonds. The Balaban J connectivity index is 2.04. The van der Waals surface area contributed by atoms with Gasteiger partial charge >= 0.3 is 12.2 Å². The number of urea groups is 1. The molecule has 0 spiro atoms. The molecule has 0 bridgehead atoms. The van der Waals surface area contributed by atoms with Crippen molar-refractivity contribution in [2.24, 2.45) is 0 Å². The second kappa shape index (κ2) is 8.94. The number of ether oxygens (including phenoxy) is 2. The topological polar surface area (TPSA) is 120 Å². The van der Waals surface area contributed by atoms with Crippen molar-refractivity contribution in [1.82, 2.24) is 14.7 Å². The van der Waals surface area contributed by atoms with Crippen LogP contribution in [0.15, 0.2) is 30.3 Å². The van der Waals surface area contributed by atoms with Crippen molar-refractivity contribution in [2.75, 3.05) is 25.3 Å². The predicted molar refractivity (Wildman–Crippen MR) is 96.2 cm³/mol. The van der Waals surface area contributed by atoms with Crippen molar-refractivity contribution >= 4 is 22.0 Å². The minimum absolute atomic E-state index is 0.0544. The summed E-state index contributed by atoms with van der Waals surface area (Å²) in [6, 6.07) is 4.74. The number of nitrogens with one attached hydrogen (secondary N) is 2. The van der Waals surface area contributed by atoms with E-state index in [0.717, 1.165) is 6.07 Å². The van der Waals surface area contributed by atoms with E-state index < -0.39 is 40.0 Å². The molecule has 1 heterocycles. The predicted octanol–water partition coefficient (Wildman–Crippen LogP) is 2.21. The van der Waals surface area contributed by atoms with Gasteiger partial charge in [-0.1, -0.05) is 18.2 Å². The number of halogens is 3. The Morgan fingerprint density at radius 3 is 2.24 bits per heavy atom. The van der Waals surface area contributed by atoms with Crippen LogP contribution >= 0.6 is 0 Å². The third kappa shape index (κ3) is 6.48. The molecule has 1 aromatic heterocycles. The summed E-state index contributed by atoms with van der Waals surface area (Å²) in [5.74, 6) is -0.927. The van der Waals surface area contributed by atoms with Gasteiger partial charge in [-0.2, -0.15) is 23.1 Å². The normalized spacial score (nSPS) is 11.6. The number of aryl methyl sites for hydroxylation is 1. The summed E-state index contributed by atoms with van der Waals surface area (Å²) < 4.78 is 74.6. The van der Waals surface area contributed by atoms with Gasteiger partial charge < -0.3 is 9.47 Å².